The van der Waals surface area contributed by atoms with Gasteiger partial charge in [-0.3, -0.25) is 9.59 Å². The van der Waals surface area contributed by atoms with E-state index >= 15 is 0 Å². The van der Waals surface area contributed by atoms with E-state index in [1.165, 1.54) is 0 Å². The molecule has 2 rings (SSSR count). The minimum absolute atomic E-state index is 0.0848. The highest BCUT2D eigenvalue weighted by Gasteiger charge is 2.35. The van der Waals surface area contributed by atoms with E-state index in [-0.39, 0.29) is 11.9 Å². The molecule has 0 aromatic carbocycles. The summed E-state index contributed by atoms with van der Waals surface area (Å²) in [6.45, 7) is 0.591. The molecule has 0 saturated carbocycles. The molecule has 2 unspecified atom stereocenters. The second-order valence-electron chi connectivity index (χ2n) is 4.71. The number of amides is 2. The first-order chi connectivity index (χ1) is 9.13. The third kappa shape index (κ3) is 2.93. The number of nitrogens with zero attached hydrogens (tertiary/aromatic N) is 2. The van der Waals surface area contributed by atoms with Gasteiger partial charge in [-0.15, -0.1) is 0 Å². The normalized spacial score (nSPS) is 20.5. The van der Waals surface area contributed by atoms with Gasteiger partial charge in [0.15, 0.2) is 0 Å². The molecule has 0 spiro atoms. The van der Waals surface area contributed by atoms with Gasteiger partial charge < -0.3 is 20.9 Å². The number of aromatic amines is 1. The van der Waals surface area contributed by atoms with Crippen molar-refractivity contribution in [1.82, 2.24) is 20.2 Å². The summed E-state index contributed by atoms with van der Waals surface area (Å²) in [4.78, 5) is 32.3. The van der Waals surface area contributed by atoms with Crippen LogP contribution in [0.5, 0.6) is 0 Å². The molecule has 1 saturated heterocycles. The van der Waals surface area contributed by atoms with E-state index in [2.05, 4.69) is 15.3 Å². The third-order valence-corrected chi connectivity index (χ3v) is 3.49. The van der Waals surface area contributed by atoms with Crippen molar-refractivity contribution in [2.75, 3.05) is 13.6 Å². The quantitative estimate of drug-likeness (QED) is 0.636. The van der Waals surface area contributed by atoms with Gasteiger partial charge in [-0.2, -0.15) is 0 Å². The number of H-pyrrole nitrogens is 1. The maximum Gasteiger partial charge on any atom is 0.240 e. The van der Waals surface area contributed by atoms with Crippen molar-refractivity contribution in [2.24, 2.45) is 5.73 Å². The van der Waals surface area contributed by atoms with Crippen LogP contribution in [0.3, 0.4) is 0 Å². The molecule has 7 heteroatoms. The predicted octanol–water partition coefficient (Wildman–Crippen LogP) is -0.983. The molecular weight excluding hydrogens is 246 g/mol. The summed E-state index contributed by atoms with van der Waals surface area (Å²) in [7, 11) is 1.73. The van der Waals surface area contributed by atoms with E-state index in [0.29, 0.717) is 19.4 Å². The maximum atomic E-state index is 12.4. The Morgan fingerprint density at radius 1 is 1.68 bits per heavy atom. The molecule has 2 heterocycles. The Morgan fingerprint density at radius 3 is 3.05 bits per heavy atom. The second kappa shape index (κ2) is 5.83. The number of rotatable bonds is 5. The average Bonchev–Trinajstić information content (AvgIpc) is 3.05. The monoisotopic (exact) mass is 265 g/mol. The second-order valence-corrected chi connectivity index (χ2v) is 4.71. The fourth-order valence-corrected chi connectivity index (χ4v) is 2.46. The third-order valence-electron chi connectivity index (χ3n) is 3.49. The van der Waals surface area contributed by atoms with Crippen LogP contribution >= 0.6 is 0 Å². The number of carbonyl (C=O) groups is 2. The number of imidazole rings is 1. The van der Waals surface area contributed by atoms with E-state index in [9.17, 15) is 9.59 Å². The van der Waals surface area contributed by atoms with Gasteiger partial charge in [0.2, 0.25) is 11.8 Å². The molecule has 4 N–H and O–H groups in total. The van der Waals surface area contributed by atoms with Gasteiger partial charge >= 0.3 is 0 Å². The molecule has 0 aliphatic carbocycles. The molecule has 0 radical (unpaired) electrons. The molecule has 0 bridgehead atoms. The molecule has 1 aromatic heterocycles. The lowest BCUT2D eigenvalue weighted by atomic mass is 10.1. The smallest absolute Gasteiger partial charge is 0.240 e. The lowest BCUT2D eigenvalue weighted by Crippen LogP contribution is -2.51. The summed E-state index contributed by atoms with van der Waals surface area (Å²) in [5.41, 5.74) is 6.21. The van der Waals surface area contributed by atoms with Crippen LogP contribution in [0.25, 0.3) is 0 Å². The maximum absolute atomic E-state index is 12.4. The lowest BCUT2D eigenvalue weighted by molar-refractivity contribution is -0.138. The van der Waals surface area contributed by atoms with Gasteiger partial charge in [0.05, 0.1) is 12.4 Å². The van der Waals surface area contributed by atoms with E-state index in [4.69, 9.17) is 5.73 Å². The van der Waals surface area contributed by atoms with Crippen molar-refractivity contribution < 1.29 is 9.59 Å². The Kier molecular flexibility index (Phi) is 4.16. The summed E-state index contributed by atoms with van der Waals surface area (Å²) in [6.07, 6.45) is 5.25. The van der Waals surface area contributed by atoms with Crippen LogP contribution in [0.1, 0.15) is 18.5 Å². The summed E-state index contributed by atoms with van der Waals surface area (Å²) in [5.74, 6) is -0.513. The highest BCUT2D eigenvalue weighted by molar-refractivity contribution is 5.89. The summed E-state index contributed by atoms with van der Waals surface area (Å²) >= 11 is 0. The number of nitrogens with two attached hydrogens (primary N) is 1. The Labute approximate surface area is 111 Å². The molecule has 1 aliphatic heterocycles. The average molecular weight is 265 g/mol. The predicted molar refractivity (Wildman–Crippen MR) is 69.1 cm³/mol. The lowest BCUT2D eigenvalue weighted by Gasteiger charge is -2.26. The Hall–Kier alpha value is -1.89. The zero-order valence-electron chi connectivity index (χ0n) is 10.9. The van der Waals surface area contributed by atoms with E-state index in [1.807, 2.05) is 0 Å². The van der Waals surface area contributed by atoms with Crippen LogP contribution in [-0.2, 0) is 16.0 Å². The van der Waals surface area contributed by atoms with Gasteiger partial charge in [0, 0.05) is 24.9 Å². The summed E-state index contributed by atoms with van der Waals surface area (Å²) < 4.78 is 0. The minimum atomic E-state index is -0.467. The standard InChI is InChI=1S/C12H19N5O2/c1-14-9(5-8-6-15-7-16-8)12(19)17-4-2-3-10(17)11(13)18/h6-7,9-10,14H,2-5H2,1H3,(H2,13,18)(H,15,16). The number of aromatic nitrogens is 2. The minimum Gasteiger partial charge on any atom is -0.368 e. The number of nitrogens with one attached hydrogen (secondary N) is 2. The van der Waals surface area contributed by atoms with Crippen molar-refractivity contribution in [3.05, 3.63) is 18.2 Å². The largest absolute Gasteiger partial charge is 0.368 e. The Balaban J connectivity index is 2.05. The summed E-state index contributed by atoms with van der Waals surface area (Å²) in [6, 6.07) is -0.842. The first-order valence-corrected chi connectivity index (χ1v) is 6.37. The molecule has 2 amide bonds. The van der Waals surface area contributed by atoms with Crippen LogP contribution in [0.4, 0.5) is 0 Å². The van der Waals surface area contributed by atoms with E-state index in [1.54, 1.807) is 24.5 Å². The van der Waals surface area contributed by atoms with Gasteiger partial charge in [-0.25, -0.2) is 4.98 Å². The highest BCUT2D eigenvalue weighted by Crippen LogP contribution is 2.18. The van der Waals surface area contributed by atoms with Crippen LogP contribution in [0.2, 0.25) is 0 Å². The molecular formula is C12H19N5O2. The first kappa shape index (κ1) is 13.5. The fraction of sp³-hybridized carbons (Fsp3) is 0.583. The number of carbonyl (C=O) groups excluding carboxylic acids is 2. The van der Waals surface area contributed by atoms with Gasteiger partial charge in [-0.05, 0) is 19.9 Å². The molecule has 104 valence electrons. The molecule has 1 aromatic rings. The van der Waals surface area contributed by atoms with Crippen LogP contribution in [0.15, 0.2) is 12.5 Å². The van der Waals surface area contributed by atoms with Crippen molar-refractivity contribution in [3.8, 4) is 0 Å². The van der Waals surface area contributed by atoms with Crippen LogP contribution in [0, 0.1) is 0 Å². The van der Waals surface area contributed by atoms with Crippen molar-refractivity contribution in [2.45, 2.75) is 31.3 Å². The van der Waals surface area contributed by atoms with Crippen molar-refractivity contribution in [3.63, 3.8) is 0 Å². The fourth-order valence-electron chi connectivity index (χ4n) is 2.46. The molecule has 1 aliphatic rings. The number of primary amides is 1. The SMILES string of the molecule is CNC(Cc1cnc[nH]1)C(=O)N1CCCC1C(N)=O. The van der Waals surface area contributed by atoms with Gasteiger partial charge in [-0.1, -0.05) is 0 Å². The molecule has 1 fully saturated rings. The number of hydrogen-bond donors (Lipinski definition) is 3. The van der Waals surface area contributed by atoms with Gasteiger partial charge in [0.25, 0.3) is 0 Å². The van der Waals surface area contributed by atoms with Crippen LogP contribution < -0.4 is 11.1 Å². The zero-order chi connectivity index (χ0) is 13.8. The number of likely N-dealkylation sites (tertiary alicyclic amines) is 1. The summed E-state index contributed by atoms with van der Waals surface area (Å²) in [5, 5.41) is 2.99. The molecule has 7 nitrogen and oxygen atoms in total. The number of likely N-dealkylation sites (N-methyl/N-ethyl adjacent to an activating group) is 1. The molecule has 19 heavy (non-hydrogen) atoms. The number of hydrogen-bond acceptors (Lipinski definition) is 4. The Morgan fingerprint density at radius 2 is 2.47 bits per heavy atom. The zero-order valence-corrected chi connectivity index (χ0v) is 10.9. The van der Waals surface area contributed by atoms with E-state index < -0.39 is 11.9 Å². The topological polar surface area (TPSA) is 104 Å². The van der Waals surface area contributed by atoms with E-state index in [0.717, 1.165) is 12.1 Å². The van der Waals surface area contributed by atoms with Crippen molar-refractivity contribution in [1.29, 1.82) is 0 Å². The Bertz CT molecular complexity index is 445. The highest BCUT2D eigenvalue weighted by atomic mass is 16.2. The van der Waals surface area contributed by atoms with Crippen molar-refractivity contribution >= 4 is 11.8 Å². The van der Waals surface area contributed by atoms with Gasteiger partial charge in [0.1, 0.15) is 6.04 Å². The first-order valence-electron chi connectivity index (χ1n) is 6.37. The molecule has 2 atom stereocenters. The van der Waals surface area contributed by atoms with Crippen LogP contribution in [-0.4, -0.2) is 52.4 Å².